The maximum Gasteiger partial charge on any atom is 0.181 e. The number of H-pyrrole nitrogens is 1. The Morgan fingerprint density at radius 1 is 1.21 bits per heavy atom. The van der Waals surface area contributed by atoms with E-state index in [1.807, 2.05) is 0 Å². The predicted octanol–water partition coefficient (Wildman–Crippen LogP) is 2.81. The Bertz CT molecular complexity index is 573. The molecule has 100 valence electrons. The normalized spacial score (nSPS) is 16.6. The van der Waals surface area contributed by atoms with Crippen LogP contribution in [0.15, 0.2) is 18.2 Å². The first kappa shape index (κ1) is 12.0. The Morgan fingerprint density at radius 3 is 2.74 bits per heavy atom. The van der Waals surface area contributed by atoms with E-state index < -0.39 is 0 Å². The van der Waals surface area contributed by atoms with Gasteiger partial charge in [-0.2, -0.15) is 5.10 Å². The van der Waals surface area contributed by atoms with Gasteiger partial charge in [0.15, 0.2) is 5.82 Å². The van der Waals surface area contributed by atoms with Crippen molar-refractivity contribution < 1.29 is 5.11 Å². The summed E-state index contributed by atoms with van der Waals surface area (Å²) in [7, 11) is 0. The standard InChI is InChI=1S/C14H18N4O/c15-11-8-10(6-7-12(11)19)14-16-13(17-18-14)9-4-2-1-3-5-9/h6-9,19H,1-5,15H2,(H,16,17,18). The minimum atomic E-state index is 0.0896. The minimum Gasteiger partial charge on any atom is -0.506 e. The summed E-state index contributed by atoms with van der Waals surface area (Å²) >= 11 is 0. The molecular formula is C14H18N4O. The van der Waals surface area contributed by atoms with Gasteiger partial charge in [-0.3, -0.25) is 5.10 Å². The minimum absolute atomic E-state index is 0.0896. The average molecular weight is 258 g/mol. The van der Waals surface area contributed by atoms with Crippen LogP contribution in [0, 0.1) is 0 Å². The molecule has 1 aromatic heterocycles. The van der Waals surface area contributed by atoms with Crippen molar-refractivity contribution >= 4 is 5.69 Å². The number of benzene rings is 1. The van der Waals surface area contributed by atoms with Crippen LogP contribution in [0.25, 0.3) is 11.4 Å². The SMILES string of the molecule is Nc1cc(-c2n[nH]c(C3CCCCC3)n2)ccc1O. The molecule has 2 aromatic rings. The molecule has 3 rings (SSSR count). The molecule has 1 heterocycles. The summed E-state index contributed by atoms with van der Waals surface area (Å²) in [6, 6.07) is 5.05. The molecule has 1 aromatic carbocycles. The highest BCUT2D eigenvalue weighted by atomic mass is 16.3. The van der Waals surface area contributed by atoms with Gasteiger partial charge < -0.3 is 10.8 Å². The van der Waals surface area contributed by atoms with Crippen LogP contribution >= 0.6 is 0 Å². The second kappa shape index (κ2) is 4.91. The summed E-state index contributed by atoms with van der Waals surface area (Å²) in [4.78, 5) is 4.57. The number of nitrogen functional groups attached to an aromatic ring is 1. The van der Waals surface area contributed by atoms with E-state index in [1.54, 1.807) is 18.2 Å². The first-order valence-corrected chi connectivity index (χ1v) is 6.75. The fourth-order valence-electron chi connectivity index (χ4n) is 2.66. The number of hydrogen-bond donors (Lipinski definition) is 3. The molecule has 0 atom stereocenters. The first-order chi connectivity index (χ1) is 9.24. The van der Waals surface area contributed by atoms with Gasteiger partial charge in [0, 0.05) is 11.5 Å². The fraction of sp³-hybridized carbons (Fsp3) is 0.429. The molecule has 0 spiro atoms. The second-order valence-corrected chi connectivity index (χ2v) is 5.15. The second-order valence-electron chi connectivity index (χ2n) is 5.15. The van der Waals surface area contributed by atoms with Crippen LogP contribution in [0.5, 0.6) is 5.75 Å². The largest absolute Gasteiger partial charge is 0.506 e. The lowest BCUT2D eigenvalue weighted by Gasteiger charge is -2.18. The van der Waals surface area contributed by atoms with E-state index in [2.05, 4.69) is 15.2 Å². The highest BCUT2D eigenvalue weighted by molar-refractivity contribution is 5.65. The Morgan fingerprint density at radius 2 is 2.00 bits per heavy atom. The zero-order valence-electron chi connectivity index (χ0n) is 10.8. The van der Waals surface area contributed by atoms with Crippen molar-refractivity contribution in [1.82, 2.24) is 15.2 Å². The van der Waals surface area contributed by atoms with Gasteiger partial charge in [0.25, 0.3) is 0 Å². The molecule has 1 aliphatic carbocycles. The number of nitrogens with two attached hydrogens (primary N) is 1. The van der Waals surface area contributed by atoms with Crippen molar-refractivity contribution in [2.75, 3.05) is 5.73 Å². The average Bonchev–Trinajstić information content (AvgIpc) is 2.93. The number of nitrogens with one attached hydrogen (secondary N) is 1. The third kappa shape index (κ3) is 2.41. The summed E-state index contributed by atoms with van der Waals surface area (Å²) in [6.07, 6.45) is 6.24. The lowest BCUT2D eigenvalue weighted by atomic mass is 9.89. The summed E-state index contributed by atoms with van der Waals surface area (Å²) in [6.45, 7) is 0. The molecular weight excluding hydrogens is 240 g/mol. The van der Waals surface area contributed by atoms with E-state index in [0.717, 1.165) is 11.4 Å². The molecule has 1 fully saturated rings. The van der Waals surface area contributed by atoms with Crippen LogP contribution in [-0.2, 0) is 0 Å². The van der Waals surface area contributed by atoms with Crippen molar-refractivity contribution in [2.45, 2.75) is 38.0 Å². The molecule has 5 heteroatoms. The summed E-state index contributed by atoms with van der Waals surface area (Å²) < 4.78 is 0. The molecule has 0 radical (unpaired) electrons. The van der Waals surface area contributed by atoms with E-state index in [-0.39, 0.29) is 5.75 Å². The Labute approximate surface area is 111 Å². The molecule has 4 N–H and O–H groups in total. The lowest BCUT2D eigenvalue weighted by molar-refractivity contribution is 0.429. The number of rotatable bonds is 2. The van der Waals surface area contributed by atoms with Gasteiger partial charge in [-0.05, 0) is 31.0 Å². The van der Waals surface area contributed by atoms with Gasteiger partial charge in [-0.15, -0.1) is 0 Å². The van der Waals surface area contributed by atoms with Crippen LogP contribution in [0.2, 0.25) is 0 Å². The van der Waals surface area contributed by atoms with Gasteiger partial charge in [0.05, 0.1) is 5.69 Å². The van der Waals surface area contributed by atoms with Crippen LogP contribution in [0.3, 0.4) is 0 Å². The van der Waals surface area contributed by atoms with Crippen molar-refractivity contribution in [3.8, 4) is 17.1 Å². The number of phenols is 1. The van der Waals surface area contributed by atoms with E-state index >= 15 is 0 Å². The number of hydrogen-bond acceptors (Lipinski definition) is 4. The van der Waals surface area contributed by atoms with Gasteiger partial charge in [-0.25, -0.2) is 4.98 Å². The molecule has 1 aliphatic rings. The van der Waals surface area contributed by atoms with Crippen LogP contribution < -0.4 is 5.73 Å². The molecule has 1 saturated carbocycles. The quantitative estimate of drug-likeness (QED) is 0.571. The van der Waals surface area contributed by atoms with Gasteiger partial charge in [0.2, 0.25) is 0 Å². The summed E-state index contributed by atoms with van der Waals surface area (Å²) in [5.74, 6) is 2.21. The van der Waals surface area contributed by atoms with Crippen LogP contribution in [-0.4, -0.2) is 20.3 Å². The van der Waals surface area contributed by atoms with Gasteiger partial charge >= 0.3 is 0 Å². The van der Waals surface area contributed by atoms with E-state index in [0.29, 0.717) is 17.4 Å². The molecule has 19 heavy (non-hydrogen) atoms. The topological polar surface area (TPSA) is 87.8 Å². The smallest absolute Gasteiger partial charge is 0.181 e. The van der Waals surface area contributed by atoms with Crippen molar-refractivity contribution in [2.24, 2.45) is 0 Å². The van der Waals surface area contributed by atoms with Crippen LogP contribution in [0.1, 0.15) is 43.8 Å². The summed E-state index contributed by atoms with van der Waals surface area (Å²) in [5, 5.41) is 16.7. The van der Waals surface area contributed by atoms with E-state index in [9.17, 15) is 5.11 Å². The van der Waals surface area contributed by atoms with Gasteiger partial charge in [-0.1, -0.05) is 19.3 Å². The molecule has 0 amide bonds. The number of anilines is 1. The maximum atomic E-state index is 9.43. The van der Waals surface area contributed by atoms with Gasteiger partial charge in [0.1, 0.15) is 11.6 Å². The first-order valence-electron chi connectivity index (χ1n) is 6.75. The fourth-order valence-corrected chi connectivity index (χ4v) is 2.66. The third-order valence-corrected chi connectivity index (χ3v) is 3.78. The Hall–Kier alpha value is -2.04. The van der Waals surface area contributed by atoms with Crippen molar-refractivity contribution in [3.05, 3.63) is 24.0 Å². The highest BCUT2D eigenvalue weighted by Gasteiger charge is 2.19. The number of nitrogens with zero attached hydrogens (tertiary/aromatic N) is 2. The molecule has 0 saturated heterocycles. The van der Waals surface area contributed by atoms with Crippen LogP contribution in [0.4, 0.5) is 5.69 Å². The molecule has 0 unspecified atom stereocenters. The van der Waals surface area contributed by atoms with Crippen molar-refractivity contribution in [3.63, 3.8) is 0 Å². The zero-order valence-corrected chi connectivity index (χ0v) is 10.8. The Balaban J connectivity index is 1.85. The number of phenolic OH excluding ortho intramolecular Hbond substituents is 1. The zero-order chi connectivity index (χ0) is 13.2. The predicted molar refractivity (Wildman–Crippen MR) is 73.7 cm³/mol. The monoisotopic (exact) mass is 258 g/mol. The number of aromatic amines is 1. The molecule has 0 bridgehead atoms. The third-order valence-electron chi connectivity index (χ3n) is 3.78. The molecule has 0 aliphatic heterocycles. The van der Waals surface area contributed by atoms with Crippen molar-refractivity contribution in [1.29, 1.82) is 0 Å². The Kier molecular flexibility index (Phi) is 3.11. The number of aromatic nitrogens is 3. The van der Waals surface area contributed by atoms with E-state index in [4.69, 9.17) is 5.73 Å². The highest BCUT2D eigenvalue weighted by Crippen LogP contribution is 2.32. The summed E-state index contributed by atoms with van der Waals surface area (Å²) in [5.41, 5.74) is 6.87. The molecule has 5 nitrogen and oxygen atoms in total. The number of aromatic hydroxyl groups is 1. The lowest BCUT2D eigenvalue weighted by Crippen LogP contribution is -2.06. The maximum absolute atomic E-state index is 9.43. The van der Waals surface area contributed by atoms with E-state index in [1.165, 1.54) is 32.1 Å².